The first-order chi connectivity index (χ1) is 8.67. The highest BCUT2D eigenvalue weighted by Gasteiger charge is 2.07. The molecule has 0 aliphatic heterocycles. The van der Waals surface area contributed by atoms with Gasteiger partial charge in [-0.1, -0.05) is 6.92 Å². The maximum Gasteiger partial charge on any atom is 0.193 e. The monoisotopic (exact) mass is 285 g/mol. The lowest BCUT2D eigenvalue weighted by molar-refractivity contribution is 0.478. The average Bonchev–Trinajstić information content (AvgIpc) is 2.86. The Morgan fingerprint density at radius 1 is 1.61 bits per heavy atom. The quantitative estimate of drug-likeness (QED) is 0.643. The third-order valence-electron chi connectivity index (χ3n) is 2.60. The molecule has 102 valence electrons. The highest BCUT2D eigenvalue weighted by Crippen LogP contribution is 2.09. The summed E-state index contributed by atoms with van der Waals surface area (Å²) in [5, 5.41) is 8.21. The normalized spacial score (nSPS) is 13.4. The zero-order valence-electron chi connectivity index (χ0n) is 11.6. The van der Waals surface area contributed by atoms with Crippen LogP contribution in [0.4, 0.5) is 0 Å². The minimum Gasteiger partial charge on any atom is -0.357 e. The summed E-state index contributed by atoms with van der Waals surface area (Å²) in [6.07, 6.45) is 2.13. The number of aliphatic imine (C=N–C) groups is 1. The highest BCUT2D eigenvalue weighted by atomic mass is 32.2. The third kappa shape index (κ3) is 5.31. The average molecular weight is 285 g/mol. The fraction of sp³-hybridized carbons (Fsp3) is 0.615. The molecular formula is C13H23N3S2. The summed E-state index contributed by atoms with van der Waals surface area (Å²) in [6.45, 7) is 6.98. The molecule has 1 rings (SSSR count). The second-order valence-electron chi connectivity index (χ2n) is 4.23. The number of hydrogen-bond donors (Lipinski definition) is 1. The second-order valence-corrected chi connectivity index (χ2v) is 6.28. The van der Waals surface area contributed by atoms with E-state index in [1.807, 2.05) is 11.8 Å². The molecule has 1 aromatic rings. The Labute approximate surface area is 119 Å². The van der Waals surface area contributed by atoms with Crippen molar-refractivity contribution in [3.05, 3.63) is 22.4 Å². The van der Waals surface area contributed by atoms with E-state index < -0.39 is 0 Å². The zero-order chi connectivity index (χ0) is 13.4. The van der Waals surface area contributed by atoms with Gasteiger partial charge in [-0.2, -0.15) is 23.1 Å². The van der Waals surface area contributed by atoms with Crippen LogP contribution in [0.25, 0.3) is 0 Å². The summed E-state index contributed by atoms with van der Waals surface area (Å²) in [5.74, 6) is 0.990. The van der Waals surface area contributed by atoms with Crippen molar-refractivity contribution in [2.24, 2.45) is 4.99 Å². The number of guanidine groups is 1. The van der Waals surface area contributed by atoms with Crippen molar-refractivity contribution in [2.45, 2.75) is 25.6 Å². The molecule has 0 aromatic carbocycles. The molecule has 5 heteroatoms. The van der Waals surface area contributed by atoms with Gasteiger partial charge in [-0.3, -0.25) is 4.99 Å². The molecule has 0 aliphatic rings. The van der Waals surface area contributed by atoms with Crippen LogP contribution in [0.2, 0.25) is 0 Å². The van der Waals surface area contributed by atoms with Gasteiger partial charge in [0, 0.05) is 25.4 Å². The highest BCUT2D eigenvalue weighted by molar-refractivity contribution is 7.99. The SMILES string of the molecule is CCNC(=NCC(C)SC)N(C)Cc1ccsc1. The Morgan fingerprint density at radius 2 is 2.39 bits per heavy atom. The van der Waals surface area contributed by atoms with Crippen LogP contribution in [0.15, 0.2) is 21.8 Å². The minimum absolute atomic E-state index is 0.563. The van der Waals surface area contributed by atoms with Gasteiger partial charge in [-0.25, -0.2) is 0 Å². The lowest BCUT2D eigenvalue weighted by atomic mass is 10.3. The van der Waals surface area contributed by atoms with Crippen molar-refractivity contribution < 1.29 is 0 Å². The van der Waals surface area contributed by atoms with Crippen LogP contribution in [0, 0.1) is 0 Å². The third-order valence-corrected chi connectivity index (χ3v) is 4.28. The van der Waals surface area contributed by atoms with Crippen molar-refractivity contribution in [1.82, 2.24) is 10.2 Å². The van der Waals surface area contributed by atoms with Crippen LogP contribution in [-0.2, 0) is 6.54 Å². The topological polar surface area (TPSA) is 27.6 Å². The number of nitrogens with zero attached hydrogens (tertiary/aromatic N) is 2. The molecule has 0 saturated heterocycles. The molecule has 1 aromatic heterocycles. The van der Waals surface area contributed by atoms with E-state index in [1.54, 1.807) is 11.3 Å². The molecule has 0 spiro atoms. The molecule has 0 aliphatic carbocycles. The fourth-order valence-corrected chi connectivity index (χ4v) is 2.37. The van der Waals surface area contributed by atoms with Gasteiger partial charge in [-0.05, 0) is 35.6 Å². The lowest BCUT2D eigenvalue weighted by Crippen LogP contribution is -2.38. The van der Waals surface area contributed by atoms with Crippen molar-refractivity contribution in [3.63, 3.8) is 0 Å². The van der Waals surface area contributed by atoms with E-state index in [1.165, 1.54) is 5.56 Å². The standard InChI is InChI=1S/C13H23N3S2/c1-5-14-13(15-8-11(2)17-4)16(3)9-12-6-7-18-10-12/h6-7,10-11H,5,8-9H2,1-4H3,(H,14,15). The summed E-state index contributed by atoms with van der Waals surface area (Å²) in [5.41, 5.74) is 1.34. The van der Waals surface area contributed by atoms with Crippen LogP contribution in [-0.4, -0.2) is 42.5 Å². The molecule has 0 amide bonds. The molecule has 1 unspecified atom stereocenters. The second kappa shape index (κ2) is 8.43. The van der Waals surface area contributed by atoms with E-state index in [2.05, 4.69) is 59.2 Å². The number of thiophene rings is 1. The van der Waals surface area contributed by atoms with Gasteiger partial charge in [0.1, 0.15) is 0 Å². The predicted octanol–water partition coefficient (Wildman–Crippen LogP) is 2.90. The molecule has 0 radical (unpaired) electrons. The lowest BCUT2D eigenvalue weighted by Gasteiger charge is -2.22. The van der Waals surface area contributed by atoms with Crippen molar-refractivity contribution >= 4 is 29.1 Å². The fourth-order valence-electron chi connectivity index (χ4n) is 1.49. The first-order valence-electron chi connectivity index (χ1n) is 6.20. The summed E-state index contributed by atoms with van der Waals surface area (Å²) in [6, 6.07) is 2.16. The number of thioether (sulfide) groups is 1. The Hall–Kier alpha value is -0.680. The molecule has 1 atom stereocenters. The van der Waals surface area contributed by atoms with E-state index in [-0.39, 0.29) is 0 Å². The Kier molecular flexibility index (Phi) is 7.20. The summed E-state index contributed by atoms with van der Waals surface area (Å²) >= 11 is 3.59. The van der Waals surface area contributed by atoms with E-state index in [9.17, 15) is 0 Å². The van der Waals surface area contributed by atoms with Crippen LogP contribution in [0.5, 0.6) is 0 Å². The summed E-state index contributed by atoms with van der Waals surface area (Å²) in [4.78, 5) is 6.86. The number of nitrogens with one attached hydrogen (secondary N) is 1. The number of rotatable bonds is 6. The van der Waals surface area contributed by atoms with E-state index in [0.717, 1.165) is 25.6 Å². The molecule has 1 N–H and O–H groups in total. The predicted molar refractivity (Wildman–Crippen MR) is 84.7 cm³/mol. The van der Waals surface area contributed by atoms with Gasteiger partial charge in [0.15, 0.2) is 5.96 Å². The number of hydrogen-bond acceptors (Lipinski definition) is 3. The molecule has 1 heterocycles. The van der Waals surface area contributed by atoms with Crippen molar-refractivity contribution in [3.8, 4) is 0 Å². The van der Waals surface area contributed by atoms with Crippen LogP contribution in [0.3, 0.4) is 0 Å². The summed E-state index contributed by atoms with van der Waals surface area (Å²) < 4.78 is 0. The minimum atomic E-state index is 0.563. The Bertz CT molecular complexity index is 349. The van der Waals surface area contributed by atoms with Crippen LogP contribution < -0.4 is 5.32 Å². The van der Waals surface area contributed by atoms with Crippen LogP contribution in [0.1, 0.15) is 19.4 Å². The van der Waals surface area contributed by atoms with Crippen molar-refractivity contribution in [1.29, 1.82) is 0 Å². The Morgan fingerprint density at radius 3 is 2.94 bits per heavy atom. The zero-order valence-corrected chi connectivity index (χ0v) is 13.3. The van der Waals surface area contributed by atoms with E-state index >= 15 is 0 Å². The van der Waals surface area contributed by atoms with Crippen LogP contribution >= 0.6 is 23.1 Å². The molecule has 0 bridgehead atoms. The molecule has 0 fully saturated rings. The molecule has 18 heavy (non-hydrogen) atoms. The van der Waals surface area contributed by atoms with Gasteiger partial charge < -0.3 is 10.2 Å². The van der Waals surface area contributed by atoms with Gasteiger partial charge in [0.2, 0.25) is 0 Å². The Balaban J connectivity index is 2.59. The molecule has 3 nitrogen and oxygen atoms in total. The summed E-state index contributed by atoms with van der Waals surface area (Å²) in [7, 11) is 2.09. The van der Waals surface area contributed by atoms with Crippen molar-refractivity contribution in [2.75, 3.05) is 26.4 Å². The first kappa shape index (κ1) is 15.4. The maximum absolute atomic E-state index is 4.68. The molecule has 0 saturated carbocycles. The van der Waals surface area contributed by atoms with E-state index in [4.69, 9.17) is 0 Å². The first-order valence-corrected chi connectivity index (χ1v) is 8.43. The van der Waals surface area contributed by atoms with Gasteiger partial charge >= 0.3 is 0 Å². The molecular weight excluding hydrogens is 262 g/mol. The van der Waals surface area contributed by atoms with Gasteiger partial charge in [0.05, 0.1) is 6.54 Å². The van der Waals surface area contributed by atoms with Gasteiger partial charge in [-0.15, -0.1) is 0 Å². The van der Waals surface area contributed by atoms with Gasteiger partial charge in [0.25, 0.3) is 0 Å². The van der Waals surface area contributed by atoms with E-state index in [0.29, 0.717) is 5.25 Å². The smallest absolute Gasteiger partial charge is 0.193 e. The largest absolute Gasteiger partial charge is 0.357 e. The maximum atomic E-state index is 4.68.